The number of hydrogen-bond donors (Lipinski definition) is 2. The SMILES string of the molecule is C[C@@H](NC(=O)Nc1ccc2c(c1)CCC2)[C@H]1C[C@H]2CC[C@H]1C2. The zero-order chi connectivity index (χ0) is 15.1. The molecule has 0 radical (unpaired) electrons. The second-order valence-corrected chi connectivity index (χ2v) is 7.56. The number of amides is 2. The van der Waals surface area contributed by atoms with Crippen molar-refractivity contribution in [1.82, 2.24) is 5.32 Å². The maximum atomic E-state index is 12.3. The lowest BCUT2D eigenvalue weighted by atomic mass is 9.84. The van der Waals surface area contributed by atoms with Crippen LogP contribution in [0.1, 0.15) is 50.2 Å². The van der Waals surface area contributed by atoms with Crippen molar-refractivity contribution in [2.45, 2.75) is 57.9 Å². The first-order chi connectivity index (χ1) is 10.7. The highest BCUT2D eigenvalue weighted by atomic mass is 16.2. The lowest BCUT2D eigenvalue weighted by Gasteiger charge is -2.28. The van der Waals surface area contributed by atoms with E-state index in [0.717, 1.165) is 23.9 Å². The number of carbonyl (C=O) groups is 1. The van der Waals surface area contributed by atoms with E-state index in [9.17, 15) is 4.79 Å². The van der Waals surface area contributed by atoms with Gasteiger partial charge in [-0.25, -0.2) is 4.79 Å². The molecule has 0 heterocycles. The van der Waals surface area contributed by atoms with Gasteiger partial charge in [0, 0.05) is 11.7 Å². The minimum absolute atomic E-state index is 0.0479. The summed E-state index contributed by atoms with van der Waals surface area (Å²) in [5.41, 5.74) is 3.78. The number of fused-ring (bicyclic) bond motifs is 3. The summed E-state index contributed by atoms with van der Waals surface area (Å²) in [6.07, 6.45) is 9.06. The molecule has 0 unspecified atom stereocenters. The molecule has 2 amide bonds. The van der Waals surface area contributed by atoms with Crippen LogP contribution in [0.3, 0.4) is 0 Å². The molecule has 2 N–H and O–H groups in total. The summed E-state index contributed by atoms with van der Waals surface area (Å²) in [5, 5.41) is 6.19. The number of carbonyl (C=O) groups excluding carboxylic acids is 1. The number of anilines is 1. The van der Waals surface area contributed by atoms with Gasteiger partial charge in [-0.15, -0.1) is 0 Å². The van der Waals surface area contributed by atoms with Crippen LogP contribution in [-0.2, 0) is 12.8 Å². The molecule has 3 nitrogen and oxygen atoms in total. The monoisotopic (exact) mass is 298 g/mol. The molecule has 1 aromatic rings. The van der Waals surface area contributed by atoms with Gasteiger partial charge in [0.2, 0.25) is 0 Å². The van der Waals surface area contributed by atoms with E-state index in [0.29, 0.717) is 5.92 Å². The number of benzene rings is 1. The Hall–Kier alpha value is -1.51. The second kappa shape index (κ2) is 5.60. The smallest absolute Gasteiger partial charge is 0.319 e. The summed E-state index contributed by atoms with van der Waals surface area (Å²) in [5.74, 6) is 2.46. The molecule has 3 aliphatic rings. The van der Waals surface area contributed by atoms with Crippen LogP contribution in [-0.4, -0.2) is 12.1 Å². The molecule has 3 heteroatoms. The highest BCUT2D eigenvalue weighted by Gasteiger charge is 2.42. The highest BCUT2D eigenvalue weighted by molar-refractivity contribution is 5.89. The van der Waals surface area contributed by atoms with Gasteiger partial charge in [-0.05, 0) is 86.5 Å². The van der Waals surface area contributed by atoms with Gasteiger partial charge in [-0.2, -0.15) is 0 Å². The largest absolute Gasteiger partial charge is 0.335 e. The van der Waals surface area contributed by atoms with Gasteiger partial charge >= 0.3 is 6.03 Å². The topological polar surface area (TPSA) is 41.1 Å². The Balaban J connectivity index is 1.34. The van der Waals surface area contributed by atoms with Gasteiger partial charge in [0.25, 0.3) is 0 Å². The first-order valence-corrected chi connectivity index (χ1v) is 8.88. The molecular formula is C19H26N2O. The molecule has 2 saturated carbocycles. The quantitative estimate of drug-likeness (QED) is 0.866. The number of urea groups is 1. The maximum absolute atomic E-state index is 12.3. The molecule has 0 aliphatic heterocycles. The van der Waals surface area contributed by atoms with Crippen molar-refractivity contribution in [2.24, 2.45) is 17.8 Å². The average Bonchev–Trinajstić information content (AvgIpc) is 3.22. The van der Waals surface area contributed by atoms with Gasteiger partial charge in [0.15, 0.2) is 0 Å². The molecule has 3 aliphatic carbocycles. The Morgan fingerprint density at radius 3 is 2.82 bits per heavy atom. The third-order valence-electron chi connectivity index (χ3n) is 6.15. The standard InChI is InChI=1S/C19H26N2O/c1-12(18-10-13-5-6-16(18)9-13)20-19(22)21-17-8-7-14-3-2-4-15(14)11-17/h7-8,11-13,16,18H,2-6,9-10H2,1H3,(H2,20,21,22)/t12-,13+,16+,18-/m1/s1. The van der Waals surface area contributed by atoms with Crippen molar-refractivity contribution >= 4 is 11.7 Å². The number of hydrogen-bond acceptors (Lipinski definition) is 1. The van der Waals surface area contributed by atoms with E-state index in [2.05, 4.69) is 29.7 Å². The molecular weight excluding hydrogens is 272 g/mol. The van der Waals surface area contributed by atoms with Crippen LogP contribution in [0.2, 0.25) is 0 Å². The molecule has 22 heavy (non-hydrogen) atoms. The number of nitrogens with one attached hydrogen (secondary N) is 2. The zero-order valence-corrected chi connectivity index (χ0v) is 13.4. The maximum Gasteiger partial charge on any atom is 0.319 e. The first-order valence-electron chi connectivity index (χ1n) is 8.88. The van der Waals surface area contributed by atoms with E-state index >= 15 is 0 Å². The van der Waals surface area contributed by atoms with Crippen LogP contribution >= 0.6 is 0 Å². The predicted molar refractivity (Wildman–Crippen MR) is 89.0 cm³/mol. The van der Waals surface area contributed by atoms with Gasteiger partial charge in [0.05, 0.1) is 0 Å². The minimum Gasteiger partial charge on any atom is -0.335 e. The van der Waals surface area contributed by atoms with Crippen molar-refractivity contribution in [3.8, 4) is 0 Å². The molecule has 2 bridgehead atoms. The highest BCUT2D eigenvalue weighted by Crippen LogP contribution is 2.49. The molecule has 1 aromatic carbocycles. The second-order valence-electron chi connectivity index (χ2n) is 7.56. The Bertz CT molecular complexity index is 583. The van der Waals surface area contributed by atoms with Crippen molar-refractivity contribution in [1.29, 1.82) is 0 Å². The fourth-order valence-corrected chi connectivity index (χ4v) is 5.04. The molecule has 0 saturated heterocycles. The lowest BCUT2D eigenvalue weighted by Crippen LogP contribution is -2.42. The van der Waals surface area contributed by atoms with Crippen molar-refractivity contribution in [2.75, 3.05) is 5.32 Å². The molecule has 4 rings (SSSR count). The van der Waals surface area contributed by atoms with Crippen LogP contribution in [0.5, 0.6) is 0 Å². The van der Waals surface area contributed by atoms with Gasteiger partial charge in [-0.1, -0.05) is 12.5 Å². The molecule has 0 spiro atoms. The van der Waals surface area contributed by atoms with Crippen molar-refractivity contribution in [3.05, 3.63) is 29.3 Å². The number of aryl methyl sites for hydroxylation is 2. The van der Waals surface area contributed by atoms with E-state index in [1.54, 1.807) is 0 Å². The van der Waals surface area contributed by atoms with E-state index in [1.807, 2.05) is 6.07 Å². The fraction of sp³-hybridized carbons (Fsp3) is 0.632. The summed E-state index contributed by atoms with van der Waals surface area (Å²) >= 11 is 0. The predicted octanol–water partition coefficient (Wildman–Crippen LogP) is 4.12. The summed E-state index contributed by atoms with van der Waals surface area (Å²) in [6.45, 7) is 2.17. The molecule has 118 valence electrons. The van der Waals surface area contributed by atoms with Crippen molar-refractivity contribution in [3.63, 3.8) is 0 Å². The van der Waals surface area contributed by atoms with Crippen LogP contribution in [0.15, 0.2) is 18.2 Å². The van der Waals surface area contributed by atoms with Crippen LogP contribution in [0.25, 0.3) is 0 Å². The summed E-state index contributed by atoms with van der Waals surface area (Å²) < 4.78 is 0. The molecule has 4 atom stereocenters. The van der Waals surface area contributed by atoms with E-state index in [4.69, 9.17) is 0 Å². The zero-order valence-electron chi connectivity index (χ0n) is 13.4. The Morgan fingerprint density at radius 1 is 1.18 bits per heavy atom. The fourth-order valence-electron chi connectivity index (χ4n) is 5.04. The Morgan fingerprint density at radius 2 is 2.05 bits per heavy atom. The van der Waals surface area contributed by atoms with Gasteiger partial charge < -0.3 is 10.6 Å². The van der Waals surface area contributed by atoms with E-state index < -0.39 is 0 Å². The van der Waals surface area contributed by atoms with Gasteiger partial charge in [0.1, 0.15) is 0 Å². The lowest BCUT2D eigenvalue weighted by molar-refractivity contribution is 0.230. The third-order valence-corrected chi connectivity index (χ3v) is 6.15. The van der Waals surface area contributed by atoms with Gasteiger partial charge in [-0.3, -0.25) is 0 Å². The van der Waals surface area contributed by atoms with Crippen LogP contribution < -0.4 is 10.6 Å². The van der Waals surface area contributed by atoms with E-state index in [1.165, 1.54) is 49.7 Å². The molecule has 0 aromatic heterocycles. The average molecular weight is 298 g/mol. The summed E-state index contributed by atoms with van der Waals surface area (Å²) in [4.78, 5) is 12.3. The molecule has 2 fully saturated rings. The summed E-state index contributed by atoms with van der Waals surface area (Å²) in [6, 6.07) is 6.57. The Labute approximate surface area is 132 Å². The first kappa shape index (κ1) is 14.1. The Kier molecular flexibility index (Phi) is 3.59. The van der Waals surface area contributed by atoms with Crippen LogP contribution in [0.4, 0.5) is 10.5 Å². The van der Waals surface area contributed by atoms with E-state index in [-0.39, 0.29) is 12.1 Å². The van der Waals surface area contributed by atoms with Crippen molar-refractivity contribution < 1.29 is 4.79 Å². The summed E-state index contributed by atoms with van der Waals surface area (Å²) in [7, 11) is 0. The minimum atomic E-state index is -0.0479. The normalized spacial score (nSPS) is 30.1. The third kappa shape index (κ3) is 2.62. The number of rotatable bonds is 3. The van der Waals surface area contributed by atoms with Crippen LogP contribution in [0, 0.1) is 17.8 Å².